The number of hydrogen-bond donors (Lipinski definition) is 0. The molecule has 0 spiro atoms. The van der Waals surface area contributed by atoms with Crippen molar-refractivity contribution in [1.29, 1.82) is 0 Å². The summed E-state index contributed by atoms with van der Waals surface area (Å²) in [4.78, 5) is 11.3. The van der Waals surface area contributed by atoms with Gasteiger partial charge in [-0.15, -0.1) is 0 Å². The predicted octanol–water partition coefficient (Wildman–Crippen LogP) is 4.58. The first kappa shape index (κ1) is 16.7. The molecule has 102 valence electrons. The van der Waals surface area contributed by atoms with Crippen LogP contribution in [0.3, 0.4) is 0 Å². The molecule has 0 aromatic carbocycles. The summed E-state index contributed by atoms with van der Waals surface area (Å²) in [5.41, 5.74) is 0. The maximum Gasteiger partial charge on any atom is 0.306 e. The summed E-state index contributed by atoms with van der Waals surface area (Å²) in [6.07, 6.45) is 17.8. The van der Waals surface area contributed by atoms with Gasteiger partial charge in [-0.05, 0) is 32.1 Å². The number of rotatable bonds is 10. The second-order valence-electron chi connectivity index (χ2n) is 4.03. The van der Waals surface area contributed by atoms with Gasteiger partial charge in [0, 0.05) is 6.42 Å². The van der Waals surface area contributed by atoms with E-state index in [4.69, 9.17) is 4.74 Å². The average Bonchev–Trinajstić information content (AvgIpc) is 2.38. The van der Waals surface area contributed by atoms with Crippen molar-refractivity contribution in [2.75, 3.05) is 6.61 Å². The van der Waals surface area contributed by atoms with E-state index >= 15 is 0 Å². The van der Waals surface area contributed by atoms with Crippen LogP contribution in [0.4, 0.5) is 0 Å². The van der Waals surface area contributed by atoms with Gasteiger partial charge in [0.15, 0.2) is 0 Å². The Kier molecular flexibility index (Phi) is 12.8. The lowest BCUT2D eigenvalue weighted by Crippen LogP contribution is -2.03. The highest BCUT2D eigenvalue weighted by Crippen LogP contribution is 1.97. The summed E-state index contributed by atoms with van der Waals surface area (Å²) in [7, 11) is 0. The molecule has 0 saturated heterocycles. The van der Waals surface area contributed by atoms with Crippen molar-refractivity contribution >= 4 is 5.97 Å². The van der Waals surface area contributed by atoms with Crippen LogP contribution in [0.1, 0.15) is 52.4 Å². The highest BCUT2D eigenvalue weighted by atomic mass is 16.5. The van der Waals surface area contributed by atoms with E-state index in [0.29, 0.717) is 13.0 Å². The number of ether oxygens (including phenoxy) is 1. The van der Waals surface area contributed by atoms with Crippen LogP contribution in [0.15, 0.2) is 36.5 Å². The molecule has 2 nitrogen and oxygen atoms in total. The van der Waals surface area contributed by atoms with E-state index in [1.165, 1.54) is 0 Å². The summed E-state index contributed by atoms with van der Waals surface area (Å²) in [6.45, 7) is 4.60. The van der Waals surface area contributed by atoms with E-state index in [1.54, 1.807) is 0 Å². The number of hydrogen-bond acceptors (Lipinski definition) is 2. The molecule has 0 aliphatic rings. The second kappa shape index (κ2) is 13.8. The van der Waals surface area contributed by atoms with Crippen molar-refractivity contribution < 1.29 is 9.53 Å². The van der Waals surface area contributed by atoms with Crippen LogP contribution in [0.5, 0.6) is 0 Å². The summed E-state index contributed by atoms with van der Waals surface area (Å²) in [5, 5.41) is 0. The zero-order valence-electron chi connectivity index (χ0n) is 11.7. The summed E-state index contributed by atoms with van der Waals surface area (Å²) in [5.74, 6) is -0.119. The van der Waals surface area contributed by atoms with Crippen molar-refractivity contribution in [3.8, 4) is 0 Å². The SMILES string of the molecule is CCC=CCCC=CCOC(=O)CCC=CCC. The standard InChI is InChI=1S/C16H26O2/c1-3-5-7-9-10-11-13-15-18-16(17)14-12-8-6-4-2/h5-8,11,13H,3-4,9-10,12,14-15H2,1-2H3. The maximum atomic E-state index is 11.3. The Morgan fingerprint density at radius 3 is 2.00 bits per heavy atom. The Balaban J connectivity index is 3.41. The molecule has 0 aliphatic heterocycles. The molecule has 0 atom stereocenters. The van der Waals surface area contributed by atoms with Gasteiger partial charge in [-0.1, -0.05) is 50.3 Å². The van der Waals surface area contributed by atoms with Crippen molar-refractivity contribution in [3.05, 3.63) is 36.5 Å². The maximum absolute atomic E-state index is 11.3. The summed E-state index contributed by atoms with van der Waals surface area (Å²) < 4.78 is 5.07. The van der Waals surface area contributed by atoms with Gasteiger partial charge in [0.2, 0.25) is 0 Å². The van der Waals surface area contributed by atoms with Crippen LogP contribution in [-0.4, -0.2) is 12.6 Å². The monoisotopic (exact) mass is 250 g/mol. The molecule has 18 heavy (non-hydrogen) atoms. The molecule has 0 amide bonds. The lowest BCUT2D eigenvalue weighted by molar-refractivity contribution is -0.142. The van der Waals surface area contributed by atoms with Crippen molar-refractivity contribution in [1.82, 2.24) is 0 Å². The van der Waals surface area contributed by atoms with E-state index in [2.05, 4.69) is 38.2 Å². The fourth-order valence-electron chi connectivity index (χ4n) is 1.36. The number of allylic oxidation sites excluding steroid dienone is 5. The smallest absolute Gasteiger partial charge is 0.306 e. The lowest BCUT2D eigenvalue weighted by atomic mass is 10.2. The molecular formula is C16H26O2. The highest BCUT2D eigenvalue weighted by molar-refractivity contribution is 5.69. The molecule has 0 saturated carbocycles. The van der Waals surface area contributed by atoms with E-state index < -0.39 is 0 Å². The molecule has 0 radical (unpaired) electrons. The minimum atomic E-state index is -0.119. The number of esters is 1. The second-order valence-corrected chi connectivity index (χ2v) is 4.03. The predicted molar refractivity (Wildman–Crippen MR) is 77.4 cm³/mol. The van der Waals surface area contributed by atoms with Gasteiger partial charge in [-0.3, -0.25) is 4.79 Å². The largest absolute Gasteiger partial charge is 0.461 e. The number of carbonyl (C=O) groups is 1. The van der Waals surface area contributed by atoms with Crippen LogP contribution in [-0.2, 0) is 9.53 Å². The average molecular weight is 250 g/mol. The first-order valence-electron chi connectivity index (χ1n) is 6.91. The highest BCUT2D eigenvalue weighted by Gasteiger charge is 1.98. The third-order valence-electron chi connectivity index (χ3n) is 2.33. The molecule has 0 aromatic rings. The van der Waals surface area contributed by atoms with Gasteiger partial charge in [-0.25, -0.2) is 0 Å². The van der Waals surface area contributed by atoms with Crippen LogP contribution in [0.25, 0.3) is 0 Å². The first-order valence-corrected chi connectivity index (χ1v) is 6.91. The third kappa shape index (κ3) is 12.8. The molecular weight excluding hydrogens is 224 g/mol. The Labute approximate surface area is 111 Å². The van der Waals surface area contributed by atoms with Gasteiger partial charge in [-0.2, -0.15) is 0 Å². The van der Waals surface area contributed by atoms with Gasteiger partial charge in [0.25, 0.3) is 0 Å². The normalized spacial score (nSPS) is 11.9. The Morgan fingerprint density at radius 2 is 1.39 bits per heavy atom. The van der Waals surface area contributed by atoms with Gasteiger partial charge >= 0.3 is 5.97 Å². The van der Waals surface area contributed by atoms with Crippen LogP contribution in [0.2, 0.25) is 0 Å². The summed E-state index contributed by atoms with van der Waals surface area (Å²) in [6, 6.07) is 0. The minimum absolute atomic E-state index is 0.119. The van der Waals surface area contributed by atoms with E-state index in [9.17, 15) is 4.79 Å². The number of carbonyl (C=O) groups excluding carboxylic acids is 1. The quantitative estimate of drug-likeness (QED) is 0.322. The fourth-order valence-corrected chi connectivity index (χ4v) is 1.36. The van der Waals surface area contributed by atoms with Crippen molar-refractivity contribution in [2.45, 2.75) is 52.4 Å². The lowest BCUT2D eigenvalue weighted by Gasteiger charge is -1.99. The Hall–Kier alpha value is -1.31. The van der Waals surface area contributed by atoms with Gasteiger partial charge in [0.1, 0.15) is 6.61 Å². The van der Waals surface area contributed by atoms with Crippen LogP contribution >= 0.6 is 0 Å². The van der Waals surface area contributed by atoms with E-state index in [1.807, 2.05) is 12.2 Å². The van der Waals surface area contributed by atoms with Crippen LogP contribution in [0, 0.1) is 0 Å². The molecule has 0 bridgehead atoms. The summed E-state index contributed by atoms with van der Waals surface area (Å²) >= 11 is 0. The molecule has 0 rings (SSSR count). The van der Waals surface area contributed by atoms with E-state index in [-0.39, 0.29) is 5.97 Å². The third-order valence-corrected chi connectivity index (χ3v) is 2.33. The fraction of sp³-hybridized carbons (Fsp3) is 0.562. The first-order chi connectivity index (χ1) is 8.81. The molecule has 0 aromatic heterocycles. The van der Waals surface area contributed by atoms with Crippen molar-refractivity contribution in [3.63, 3.8) is 0 Å². The van der Waals surface area contributed by atoms with Crippen LogP contribution < -0.4 is 0 Å². The van der Waals surface area contributed by atoms with E-state index in [0.717, 1.165) is 32.1 Å². The molecule has 0 fully saturated rings. The molecule has 0 unspecified atom stereocenters. The molecule has 0 heterocycles. The zero-order valence-corrected chi connectivity index (χ0v) is 11.7. The minimum Gasteiger partial charge on any atom is -0.461 e. The number of unbranched alkanes of at least 4 members (excludes halogenated alkanes) is 1. The van der Waals surface area contributed by atoms with Gasteiger partial charge in [0.05, 0.1) is 0 Å². The Morgan fingerprint density at radius 1 is 0.833 bits per heavy atom. The topological polar surface area (TPSA) is 26.3 Å². The zero-order chi connectivity index (χ0) is 13.5. The molecule has 0 aliphatic carbocycles. The van der Waals surface area contributed by atoms with Gasteiger partial charge < -0.3 is 4.74 Å². The molecule has 0 N–H and O–H groups in total. The van der Waals surface area contributed by atoms with Crippen molar-refractivity contribution in [2.24, 2.45) is 0 Å². The molecule has 2 heteroatoms. The Bertz CT molecular complexity index is 275.